The average molecular weight is 453 g/mol. The highest BCUT2D eigenvalue weighted by Crippen LogP contribution is 2.51. The number of nitrogens with two attached hydrogens (primary N) is 1. The van der Waals surface area contributed by atoms with Gasteiger partial charge in [-0.3, -0.25) is 9.98 Å². The lowest BCUT2D eigenvalue weighted by Gasteiger charge is -2.42. The first-order valence-corrected chi connectivity index (χ1v) is 10.4. The molecule has 1 aliphatic carbocycles. The molecule has 2 atom stereocenters. The normalized spacial score (nSPS) is 26.7. The summed E-state index contributed by atoms with van der Waals surface area (Å²) in [4.78, 5) is 8.43. The van der Waals surface area contributed by atoms with E-state index in [-0.39, 0.29) is 24.0 Å². The first kappa shape index (κ1) is 21.9. The van der Waals surface area contributed by atoms with Crippen molar-refractivity contribution in [3.8, 4) is 0 Å². The largest absolute Gasteiger partial charge is 0.385 e. The highest BCUT2D eigenvalue weighted by Gasteiger charge is 2.64. The van der Waals surface area contributed by atoms with E-state index in [1.165, 1.54) is 32.9 Å². The fraction of sp³-hybridized carbons (Fsp3) is 0.455. The summed E-state index contributed by atoms with van der Waals surface area (Å²) in [6, 6.07) is 5.78. The molecule has 166 valence electrons. The lowest BCUT2D eigenvalue weighted by molar-refractivity contribution is -0.214. The van der Waals surface area contributed by atoms with Gasteiger partial charge in [-0.05, 0) is 63.4 Å². The molecule has 0 radical (unpaired) electrons. The maximum atomic E-state index is 15.6. The zero-order valence-electron chi connectivity index (χ0n) is 17.5. The number of anilines is 1. The van der Waals surface area contributed by atoms with Gasteiger partial charge < -0.3 is 15.8 Å². The third-order valence-corrected chi connectivity index (χ3v) is 6.35. The molecule has 1 aromatic heterocycles. The smallest absolute Gasteiger partial charge is 0.304 e. The SMILES string of the molecule is CC1(C)OCC(N)=N[C@](C)(c2cc(NC3CCc4cc(Cl)cnc43)ccc2F)C1(F)F. The van der Waals surface area contributed by atoms with E-state index in [9.17, 15) is 4.39 Å². The van der Waals surface area contributed by atoms with E-state index in [4.69, 9.17) is 22.1 Å². The Kier molecular flexibility index (Phi) is 5.21. The Morgan fingerprint density at radius 3 is 2.71 bits per heavy atom. The van der Waals surface area contributed by atoms with Crippen LogP contribution in [-0.4, -0.2) is 29.0 Å². The number of nitrogens with zero attached hydrogens (tertiary/aromatic N) is 2. The summed E-state index contributed by atoms with van der Waals surface area (Å²) in [6.07, 6.45) is 3.12. The number of aliphatic imine (C=N–C) groups is 1. The molecule has 0 spiro atoms. The van der Waals surface area contributed by atoms with Gasteiger partial charge >= 0.3 is 5.92 Å². The lowest BCUT2D eigenvalue weighted by atomic mass is 9.78. The van der Waals surface area contributed by atoms with Gasteiger partial charge in [-0.25, -0.2) is 13.2 Å². The molecule has 0 fully saturated rings. The molecule has 0 saturated carbocycles. The van der Waals surface area contributed by atoms with Crippen molar-refractivity contribution in [2.75, 3.05) is 11.9 Å². The van der Waals surface area contributed by atoms with Crippen LogP contribution in [0.4, 0.5) is 18.9 Å². The highest BCUT2D eigenvalue weighted by atomic mass is 35.5. The number of rotatable bonds is 3. The van der Waals surface area contributed by atoms with Crippen LogP contribution in [0.3, 0.4) is 0 Å². The summed E-state index contributed by atoms with van der Waals surface area (Å²) in [6.45, 7) is 3.44. The Bertz CT molecular complexity index is 1060. The standard InChI is InChI=1S/C22H24ClF3N4O/c1-20(2)22(25,26)21(3,30-18(27)11-31-20)15-9-14(5-6-16(15)24)29-17-7-4-12-8-13(23)10-28-19(12)17/h5-6,8-10,17,29H,4,7,11H2,1-3H3,(H2,27,30)/t17?,21-/m1/s1. The van der Waals surface area contributed by atoms with Crippen molar-refractivity contribution in [3.63, 3.8) is 0 Å². The number of aromatic nitrogens is 1. The summed E-state index contributed by atoms with van der Waals surface area (Å²) < 4.78 is 51.4. The van der Waals surface area contributed by atoms with Crippen molar-refractivity contribution in [1.29, 1.82) is 0 Å². The second kappa shape index (κ2) is 7.38. The monoisotopic (exact) mass is 452 g/mol. The van der Waals surface area contributed by atoms with Gasteiger partial charge in [0, 0.05) is 17.4 Å². The second-order valence-corrected chi connectivity index (χ2v) is 9.11. The number of fused-ring (bicyclic) bond motifs is 1. The van der Waals surface area contributed by atoms with Crippen LogP contribution in [0.1, 0.15) is 50.1 Å². The molecule has 3 N–H and O–H groups in total. The van der Waals surface area contributed by atoms with Gasteiger partial charge in [0.05, 0.1) is 16.8 Å². The Morgan fingerprint density at radius 1 is 1.23 bits per heavy atom. The molecule has 9 heteroatoms. The van der Waals surface area contributed by atoms with Gasteiger partial charge in [-0.2, -0.15) is 0 Å². The molecule has 1 unspecified atom stereocenters. The third-order valence-electron chi connectivity index (χ3n) is 6.15. The minimum atomic E-state index is -3.54. The third kappa shape index (κ3) is 3.55. The van der Waals surface area contributed by atoms with Gasteiger partial charge in [0.1, 0.15) is 23.9 Å². The summed E-state index contributed by atoms with van der Waals surface area (Å²) in [5.41, 5.74) is 3.76. The van der Waals surface area contributed by atoms with Crippen molar-refractivity contribution in [2.24, 2.45) is 10.7 Å². The predicted octanol–water partition coefficient (Wildman–Crippen LogP) is 4.99. The van der Waals surface area contributed by atoms with Crippen LogP contribution < -0.4 is 11.1 Å². The Balaban J connectivity index is 1.74. The van der Waals surface area contributed by atoms with Crippen molar-refractivity contribution >= 4 is 23.1 Å². The van der Waals surface area contributed by atoms with Crippen LogP contribution in [0.2, 0.25) is 5.02 Å². The molecular formula is C22H24ClF3N4O. The summed E-state index contributed by atoms with van der Waals surface area (Å²) >= 11 is 6.02. The topological polar surface area (TPSA) is 72.5 Å². The van der Waals surface area contributed by atoms with Gasteiger partial charge in [0.25, 0.3) is 0 Å². The maximum absolute atomic E-state index is 15.6. The maximum Gasteiger partial charge on any atom is 0.304 e. The van der Waals surface area contributed by atoms with Crippen LogP contribution in [-0.2, 0) is 16.7 Å². The number of hydrogen-bond donors (Lipinski definition) is 2. The predicted molar refractivity (Wildman–Crippen MR) is 114 cm³/mol. The van der Waals surface area contributed by atoms with Gasteiger partial charge in [0.15, 0.2) is 5.54 Å². The van der Waals surface area contributed by atoms with Gasteiger partial charge in [-0.15, -0.1) is 0 Å². The van der Waals surface area contributed by atoms with E-state index in [1.54, 1.807) is 6.20 Å². The second-order valence-electron chi connectivity index (χ2n) is 8.68. The molecule has 2 heterocycles. The lowest BCUT2D eigenvalue weighted by Crippen LogP contribution is -2.56. The number of ether oxygens (including phenoxy) is 1. The molecule has 0 saturated heterocycles. The molecule has 0 bridgehead atoms. The van der Waals surface area contributed by atoms with Gasteiger partial charge in [0.2, 0.25) is 0 Å². The number of pyridine rings is 1. The number of nitrogens with one attached hydrogen (secondary N) is 1. The van der Waals surface area contributed by atoms with Crippen molar-refractivity contribution in [1.82, 2.24) is 4.98 Å². The number of amidine groups is 1. The van der Waals surface area contributed by atoms with Gasteiger partial charge in [-0.1, -0.05) is 11.6 Å². The fourth-order valence-corrected chi connectivity index (χ4v) is 4.50. The minimum absolute atomic E-state index is 0.115. The Labute approximate surface area is 183 Å². The molecular weight excluding hydrogens is 429 g/mol. The van der Waals surface area contributed by atoms with E-state index in [0.717, 1.165) is 30.2 Å². The minimum Gasteiger partial charge on any atom is -0.385 e. The Morgan fingerprint density at radius 2 is 1.97 bits per heavy atom. The molecule has 5 nitrogen and oxygen atoms in total. The number of alkyl halides is 2. The number of halogens is 4. The quantitative estimate of drug-likeness (QED) is 0.688. The first-order chi connectivity index (χ1) is 14.4. The molecule has 1 aromatic carbocycles. The molecule has 2 aromatic rings. The van der Waals surface area contributed by atoms with Crippen LogP contribution in [0.15, 0.2) is 35.5 Å². The zero-order valence-corrected chi connectivity index (χ0v) is 18.2. The number of hydrogen-bond acceptors (Lipinski definition) is 5. The molecule has 0 amide bonds. The number of benzene rings is 1. The highest BCUT2D eigenvalue weighted by molar-refractivity contribution is 6.30. The van der Waals surface area contributed by atoms with Crippen LogP contribution in [0.5, 0.6) is 0 Å². The van der Waals surface area contributed by atoms with E-state index in [2.05, 4.69) is 15.3 Å². The van der Waals surface area contributed by atoms with Crippen LogP contribution in [0, 0.1) is 5.82 Å². The van der Waals surface area contributed by atoms with Crippen LogP contribution in [0.25, 0.3) is 0 Å². The Hall–Kier alpha value is -2.32. The molecule has 4 rings (SSSR count). The van der Waals surface area contributed by atoms with E-state index in [1.807, 2.05) is 6.07 Å². The first-order valence-electron chi connectivity index (χ1n) is 10.0. The fourth-order valence-electron chi connectivity index (χ4n) is 4.32. The molecule has 2 aliphatic rings. The zero-order chi connectivity index (χ0) is 22.6. The molecule has 31 heavy (non-hydrogen) atoms. The average Bonchev–Trinajstić information content (AvgIpc) is 3.06. The van der Waals surface area contributed by atoms with Crippen molar-refractivity contribution in [3.05, 3.63) is 58.1 Å². The van der Waals surface area contributed by atoms with E-state index < -0.39 is 22.9 Å². The molecule has 1 aliphatic heterocycles. The van der Waals surface area contributed by atoms with Crippen molar-refractivity contribution in [2.45, 2.75) is 56.7 Å². The summed E-state index contributed by atoms with van der Waals surface area (Å²) in [7, 11) is 0. The summed E-state index contributed by atoms with van der Waals surface area (Å²) in [5.74, 6) is -4.45. The van der Waals surface area contributed by atoms with Crippen molar-refractivity contribution < 1.29 is 17.9 Å². The van der Waals surface area contributed by atoms with Crippen LogP contribution >= 0.6 is 11.6 Å². The number of aryl methyl sites for hydroxylation is 1. The van der Waals surface area contributed by atoms with E-state index >= 15 is 8.78 Å². The van der Waals surface area contributed by atoms with E-state index in [0.29, 0.717) is 10.7 Å². The summed E-state index contributed by atoms with van der Waals surface area (Å²) in [5, 5.41) is 3.85.